The lowest BCUT2D eigenvalue weighted by atomic mass is 9.85. The second-order valence-corrected chi connectivity index (χ2v) is 6.51. The third-order valence-corrected chi connectivity index (χ3v) is 4.12. The zero-order valence-corrected chi connectivity index (χ0v) is 12.2. The summed E-state index contributed by atoms with van der Waals surface area (Å²) in [5.74, 6) is 0. The van der Waals surface area contributed by atoms with Crippen LogP contribution >= 0.6 is 0 Å². The number of hydrogen-bond acceptors (Lipinski definition) is 2. The minimum absolute atomic E-state index is 0.216. The molecule has 0 saturated carbocycles. The van der Waals surface area contributed by atoms with Gasteiger partial charge in [-0.25, -0.2) is 0 Å². The SMILES string of the molecule is CC(C)(C)c1ccc2c(c1)C(N1CCOCC1)=CC2. The zero-order chi connectivity index (χ0) is 13.5. The highest BCUT2D eigenvalue weighted by molar-refractivity contribution is 5.72. The van der Waals surface area contributed by atoms with Crippen molar-refractivity contribution in [3.8, 4) is 0 Å². The van der Waals surface area contributed by atoms with E-state index in [0.29, 0.717) is 0 Å². The van der Waals surface area contributed by atoms with Crippen LogP contribution in [0.4, 0.5) is 0 Å². The third-order valence-electron chi connectivity index (χ3n) is 4.12. The molecule has 0 amide bonds. The van der Waals surface area contributed by atoms with Crippen molar-refractivity contribution in [3.63, 3.8) is 0 Å². The van der Waals surface area contributed by atoms with Crippen LogP contribution in [0.2, 0.25) is 0 Å². The van der Waals surface area contributed by atoms with Crippen LogP contribution in [0, 0.1) is 0 Å². The van der Waals surface area contributed by atoms with Crippen LogP contribution < -0.4 is 0 Å². The first-order valence-corrected chi connectivity index (χ1v) is 7.22. The molecule has 0 unspecified atom stereocenters. The number of morpholine rings is 1. The van der Waals surface area contributed by atoms with Gasteiger partial charge in [0, 0.05) is 24.4 Å². The molecule has 0 aromatic heterocycles. The van der Waals surface area contributed by atoms with Crippen molar-refractivity contribution in [2.45, 2.75) is 32.6 Å². The number of nitrogens with zero attached hydrogens (tertiary/aromatic N) is 1. The average Bonchev–Trinajstić information content (AvgIpc) is 2.81. The van der Waals surface area contributed by atoms with Gasteiger partial charge in [-0.05, 0) is 29.0 Å². The lowest BCUT2D eigenvalue weighted by Crippen LogP contribution is -2.34. The highest BCUT2D eigenvalue weighted by Crippen LogP contribution is 2.34. The van der Waals surface area contributed by atoms with Crippen molar-refractivity contribution in [3.05, 3.63) is 41.0 Å². The predicted molar refractivity (Wildman–Crippen MR) is 79.2 cm³/mol. The van der Waals surface area contributed by atoms with E-state index in [1.807, 2.05) is 0 Å². The first-order chi connectivity index (χ1) is 9.05. The van der Waals surface area contributed by atoms with E-state index < -0.39 is 0 Å². The van der Waals surface area contributed by atoms with Gasteiger partial charge in [0.2, 0.25) is 0 Å². The Morgan fingerprint density at radius 2 is 1.84 bits per heavy atom. The van der Waals surface area contributed by atoms with Crippen LogP contribution in [-0.4, -0.2) is 31.2 Å². The number of ether oxygens (including phenoxy) is 1. The Kier molecular flexibility index (Phi) is 3.14. The second-order valence-electron chi connectivity index (χ2n) is 6.51. The van der Waals surface area contributed by atoms with Gasteiger partial charge >= 0.3 is 0 Å². The zero-order valence-electron chi connectivity index (χ0n) is 12.2. The van der Waals surface area contributed by atoms with Crippen molar-refractivity contribution in [1.82, 2.24) is 4.90 Å². The molecule has 2 nitrogen and oxygen atoms in total. The fraction of sp³-hybridized carbons (Fsp3) is 0.529. The fourth-order valence-corrected chi connectivity index (χ4v) is 2.88. The number of benzene rings is 1. The molecule has 1 fully saturated rings. The molecule has 2 heteroatoms. The standard InChI is InChI=1S/C17H23NO/c1-17(2,3)14-6-4-13-5-7-16(15(13)12-14)18-8-10-19-11-9-18/h4,6-7,12H,5,8-11H2,1-3H3. The Balaban J connectivity index is 1.93. The van der Waals surface area contributed by atoms with E-state index in [0.717, 1.165) is 32.7 Å². The first kappa shape index (κ1) is 12.7. The molecule has 0 bridgehead atoms. The first-order valence-electron chi connectivity index (χ1n) is 7.22. The minimum atomic E-state index is 0.216. The van der Waals surface area contributed by atoms with Gasteiger partial charge in [-0.3, -0.25) is 0 Å². The van der Waals surface area contributed by atoms with Crippen LogP contribution in [-0.2, 0) is 16.6 Å². The summed E-state index contributed by atoms with van der Waals surface area (Å²) in [4.78, 5) is 2.47. The highest BCUT2D eigenvalue weighted by atomic mass is 16.5. The molecule has 1 saturated heterocycles. The molecule has 0 atom stereocenters. The second kappa shape index (κ2) is 4.68. The normalized spacial score (nSPS) is 19.3. The quantitative estimate of drug-likeness (QED) is 0.766. The molecular weight excluding hydrogens is 234 g/mol. The summed E-state index contributed by atoms with van der Waals surface area (Å²) in [6.07, 6.45) is 3.45. The van der Waals surface area contributed by atoms with E-state index in [9.17, 15) is 0 Å². The molecule has 0 spiro atoms. The Morgan fingerprint density at radius 1 is 1.11 bits per heavy atom. The topological polar surface area (TPSA) is 12.5 Å². The van der Waals surface area contributed by atoms with Gasteiger partial charge in [-0.15, -0.1) is 0 Å². The Morgan fingerprint density at radius 3 is 2.53 bits per heavy atom. The van der Waals surface area contributed by atoms with Gasteiger partial charge < -0.3 is 9.64 Å². The molecule has 0 N–H and O–H groups in total. The van der Waals surface area contributed by atoms with Gasteiger partial charge in [0.05, 0.1) is 13.2 Å². The molecule has 1 aromatic carbocycles. The van der Waals surface area contributed by atoms with Crippen molar-refractivity contribution in [2.24, 2.45) is 0 Å². The molecule has 0 radical (unpaired) electrons. The highest BCUT2D eigenvalue weighted by Gasteiger charge is 2.23. The third kappa shape index (κ3) is 2.42. The van der Waals surface area contributed by atoms with Gasteiger partial charge in [0.25, 0.3) is 0 Å². The summed E-state index contributed by atoms with van der Waals surface area (Å²) < 4.78 is 5.46. The summed E-state index contributed by atoms with van der Waals surface area (Å²) in [5, 5.41) is 0. The average molecular weight is 257 g/mol. The van der Waals surface area contributed by atoms with Gasteiger partial charge in [-0.2, -0.15) is 0 Å². The Labute approximate surface area is 116 Å². The fourth-order valence-electron chi connectivity index (χ4n) is 2.88. The predicted octanol–water partition coefficient (Wildman–Crippen LogP) is 3.21. The van der Waals surface area contributed by atoms with Crippen LogP contribution in [0.25, 0.3) is 5.70 Å². The van der Waals surface area contributed by atoms with E-state index in [4.69, 9.17) is 4.74 Å². The van der Waals surface area contributed by atoms with Gasteiger partial charge in [0.1, 0.15) is 0 Å². The van der Waals surface area contributed by atoms with E-state index in [1.54, 1.807) is 0 Å². The monoisotopic (exact) mass is 257 g/mol. The van der Waals surface area contributed by atoms with Crippen molar-refractivity contribution >= 4 is 5.70 Å². The molecule has 1 aliphatic heterocycles. The van der Waals surface area contributed by atoms with Crippen LogP contribution in [0.3, 0.4) is 0 Å². The summed E-state index contributed by atoms with van der Waals surface area (Å²) in [6.45, 7) is 10.6. The lowest BCUT2D eigenvalue weighted by molar-refractivity contribution is 0.0640. The molecule has 3 rings (SSSR count). The molecule has 102 valence electrons. The molecule has 19 heavy (non-hydrogen) atoms. The van der Waals surface area contributed by atoms with E-state index in [1.165, 1.54) is 22.4 Å². The molecule has 1 aromatic rings. The maximum absolute atomic E-state index is 5.46. The van der Waals surface area contributed by atoms with E-state index in [2.05, 4.69) is 49.9 Å². The van der Waals surface area contributed by atoms with Crippen molar-refractivity contribution < 1.29 is 4.74 Å². The number of allylic oxidation sites excluding steroid dienone is 1. The summed E-state index contributed by atoms with van der Waals surface area (Å²) in [7, 11) is 0. The van der Waals surface area contributed by atoms with E-state index >= 15 is 0 Å². The number of hydrogen-bond donors (Lipinski definition) is 0. The Bertz CT molecular complexity index is 504. The number of fused-ring (bicyclic) bond motifs is 1. The van der Waals surface area contributed by atoms with Gasteiger partial charge in [0.15, 0.2) is 0 Å². The number of rotatable bonds is 1. The molecule has 2 aliphatic rings. The van der Waals surface area contributed by atoms with Crippen LogP contribution in [0.15, 0.2) is 24.3 Å². The van der Waals surface area contributed by atoms with Crippen LogP contribution in [0.1, 0.15) is 37.5 Å². The smallest absolute Gasteiger partial charge is 0.0642 e. The summed E-state index contributed by atoms with van der Waals surface area (Å²) in [6, 6.07) is 6.98. The minimum Gasteiger partial charge on any atom is -0.378 e. The maximum Gasteiger partial charge on any atom is 0.0642 e. The summed E-state index contributed by atoms with van der Waals surface area (Å²) in [5.41, 5.74) is 5.97. The van der Waals surface area contributed by atoms with Crippen molar-refractivity contribution in [2.75, 3.05) is 26.3 Å². The Hall–Kier alpha value is -1.28. The summed E-state index contributed by atoms with van der Waals surface area (Å²) >= 11 is 0. The largest absolute Gasteiger partial charge is 0.378 e. The molecule has 1 heterocycles. The van der Waals surface area contributed by atoms with E-state index in [-0.39, 0.29) is 5.41 Å². The van der Waals surface area contributed by atoms with Gasteiger partial charge in [-0.1, -0.05) is 39.0 Å². The molecule has 1 aliphatic carbocycles. The lowest BCUT2D eigenvalue weighted by Gasteiger charge is -2.31. The maximum atomic E-state index is 5.46. The van der Waals surface area contributed by atoms with Crippen molar-refractivity contribution in [1.29, 1.82) is 0 Å². The van der Waals surface area contributed by atoms with Crippen LogP contribution in [0.5, 0.6) is 0 Å². The molecular formula is C17H23NO.